The SMILES string of the molecule is CC(C)(C)OC(=O)Nc1cnccc1C(F)(F)c1ccccc1. The summed E-state index contributed by atoms with van der Waals surface area (Å²) in [5.74, 6) is -3.27. The van der Waals surface area contributed by atoms with Crippen molar-refractivity contribution < 1.29 is 18.3 Å². The Hall–Kier alpha value is -2.50. The molecule has 0 fully saturated rings. The van der Waals surface area contributed by atoms with E-state index in [4.69, 9.17) is 4.74 Å². The van der Waals surface area contributed by atoms with Gasteiger partial charge in [0, 0.05) is 11.8 Å². The standard InChI is InChI=1S/C17H18F2N2O2/c1-16(2,3)23-15(22)21-14-11-20-10-9-13(14)17(18,19)12-7-5-4-6-8-12/h4-11H,1-3H3,(H,21,22). The number of anilines is 1. The monoisotopic (exact) mass is 320 g/mol. The molecule has 0 radical (unpaired) electrons. The van der Waals surface area contributed by atoms with Gasteiger partial charge in [-0.2, -0.15) is 8.78 Å². The fraction of sp³-hybridized carbons (Fsp3) is 0.294. The molecule has 0 aliphatic carbocycles. The summed E-state index contributed by atoms with van der Waals surface area (Å²) >= 11 is 0. The first-order chi connectivity index (χ1) is 10.7. The highest BCUT2D eigenvalue weighted by Crippen LogP contribution is 2.39. The van der Waals surface area contributed by atoms with Crippen LogP contribution >= 0.6 is 0 Å². The lowest BCUT2D eigenvalue weighted by Crippen LogP contribution is -2.28. The van der Waals surface area contributed by atoms with E-state index in [-0.39, 0.29) is 16.8 Å². The van der Waals surface area contributed by atoms with E-state index in [1.807, 2.05) is 0 Å². The Morgan fingerprint density at radius 1 is 1.13 bits per heavy atom. The summed E-state index contributed by atoms with van der Waals surface area (Å²) in [5.41, 5.74) is -1.33. The molecule has 0 saturated carbocycles. The number of hydrogen-bond donors (Lipinski definition) is 1. The van der Waals surface area contributed by atoms with Gasteiger partial charge < -0.3 is 4.74 Å². The van der Waals surface area contributed by atoms with Crippen LogP contribution in [0.4, 0.5) is 19.3 Å². The molecule has 122 valence electrons. The fourth-order valence-corrected chi connectivity index (χ4v) is 1.98. The summed E-state index contributed by atoms with van der Waals surface area (Å²) in [4.78, 5) is 15.6. The number of nitrogens with zero attached hydrogens (tertiary/aromatic N) is 1. The number of carbonyl (C=O) groups excluding carboxylic acids is 1. The average Bonchev–Trinajstić information content (AvgIpc) is 2.46. The van der Waals surface area contributed by atoms with Crippen molar-refractivity contribution in [3.8, 4) is 0 Å². The van der Waals surface area contributed by atoms with E-state index in [0.29, 0.717) is 0 Å². The van der Waals surface area contributed by atoms with Crippen molar-refractivity contribution in [2.75, 3.05) is 5.32 Å². The number of carbonyl (C=O) groups is 1. The molecule has 0 saturated heterocycles. The highest BCUT2D eigenvalue weighted by atomic mass is 19.3. The van der Waals surface area contributed by atoms with Gasteiger partial charge in [-0.25, -0.2) is 4.79 Å². The molecule has 0 aliphatic rings. The third-order valence-electron chi connectivity index (χ3n) is 2.93. The zero-order chi connectivity index (χ0) is 17.1. The van der Waals surface area contributed by atoms with Gasteiger partial charge in [-0.15, -0.1) is 0 Å². The number of alkyl halides is 2. The van der Waals surface area contributed by atoms with Crippen molar-refractivity contribution in [1.82, 2.24) is 4.98 Å². The number of nitrogens with one attached hydrogen (secondary N) is 1. The van der Waals surface area contributed by atoms with Crippen molar-refractivity contribution in [2.45, 2.75) is 32.3 Å². The minimum Gasteiger partial charge on any atom is -0.444 e. The lowest BCUT2D eigenvalue weighted by molar-refractivity contribution is 0.0433. The summed E-state index contributed by atoms with van der Waals surface area (Å²) < 4.78 is 34.5. The molecule has 4 nitrogen and oxygen atoms in total. The molecule has 0 bridgehead atoms. The minimum atomic E-state index is -3.27. The molecule has 1 amide bonds. The Bertz CT molecular complexity index is 682. The molecule has 0 atom stereocenters. The molecule has 1 N–H and O–H groups in total. The number of aromatic nitrogens is 1. The van der Waals surface area contributed by atoms with Crippen LogP contribution in [0.3, 0.4) is 0 Å². The first-order valence-corrected chi connectivity index (χ1v) is 7.08. The van der Waals surface area contributed by atoms with Gasteiger partial charge in [0.05, 0.1) is 17.4 Å². The summed E-state index contributed by atoms with van der Waals surface area (Å²) in [5, 5.41) is 2.34. The molecule has 1 aromatic carbocycles. The molecular formula is C17H18F2N2O2. The van der Waals surface area contributed by atoms with Crippen LogP contribution in [-0.4, -0.2) is 16.7 Å². The quantitative estimate of drug-likeness (QED) is 0.901. The number of halogens is 2. The van der Waals surface area contributed by atoms with Crippen LogP contribution < -0.4 is 5.32 Å². The third-order valence-corrected chi connectivity index (χ3v) is 2.93. The molecule has 1 heterocycles. The molecule has 0 unspecified atom stereocenters. The molecule has 23 heavy (non-hydrogen) atoms. The number of ether oxygens (including phenoxy) is 1. The van der Waals surface area contributed by atoms with Crippen LogP contribution in [0.25, 0.3) is 0 Å². The summed E-state index contributed by atoms with van der Waals surface area (Å²) in [6.45, 7) is 5.07. The van der Waals surface area contributed by atoms with Gasteiger partial charge in [0.1, 0.15) is 5.60 Å². The van der Waals surface area contributed by atoms with Gasteiger partial charge >= 0.3 is 12.0 Å². The first kappa shape index (κ1) is 16.9. The van der Waals surface area contributed by atoms with Gasteiger partial charge in [-0.1, -0.05) is 30.3 Å². The molecule has 2 rings (SSSR count). The Kier molecular flexibility index (Phi) is 4.63. The van der Waals surface area contributed by atoms with E-state index >= 15 is 0 Å². The molecular weight excluding hydrogens is 302 g/mol. The zero-order valence-corrected chi connectivity index (χ0v) is 13.1. The van der Waals surface area contributed by atoms with Crippen molar-refractivity contribution >= 4 is 11.8 Å². The van der Waals surface area contributed by atoms with Gasteiger partial charge in [0.15, 0.2) is 0 Å². The van der Waals surface area contributed by atoms with Gasteiger partial charge in [-0.3, -0.25) is 10.3 Å². The Morgan fingerprint density at radius 3 is 2.39 bits per heavy atom. The number of amides is 1. The molecule has 0 spiro atoms. The smallest absolute Gasteiger partial charge is 0.412 e. The van der Waals surface area contributed by atoms with Crippen LogP contribution in [-0.2, 0) is 10.7 Å². The van der Waals surface area contributed by atoms with Gasteiger partial charge in [0.25, 0.3) is 0 Å². The normalized spacial score (nSPS) is 11.9. The van der Waals surface area contributed by atoms with E-state index in [0.717, 1.165) is 0 Å². The lowest BCUT2D eigenvalue weighted by atomic mass is 10.00. The summed E-state index contributed by atoms with van der Waals surface area (Å²) in [6, 6.07) is 8.57. The Morgan fingerprint density at radius 2 is 1.78 bits per heavy atom. The highest BCUT2D eigenvalue weighted by molar-refractivity contribution is 5.86. The molecule has 0 aliphatic heterocycles. The van der Waals surface area contributed by atoms with Gasteiger partial charge in [-0.05, 0) is 26.8 Å². The second-order valence-corrected chi connectivity index (χ2v) is 5.99. The molecule has 6 heteroatoms. The van der Waals surface area contributed by atoms with Crippen LogP contribution in [0.15, 0.2) is 48.8 Å². The maximum atomic E-state index is 14.7. The number of pyridine rings is 1. The van der Waals surface area contributed by atoms with E-state index < -0.39 is 17.6 Å². The van der Waals surface area contributed by atoms with Crippen molar-refractivity contribution in [1.29, 1.82) is 0 Å². The maximum Gasteiger partial charge on any atom is 0.412 e. The number of rotatable bonds is 3. The van der Waals surface area contributed by atoms with Crippen LogP contribution in [0, 0.1) is 0 Å². The van der Waals surface area contributed by atoms with E-state index in [9.17, 15) is 13.6 Å². The second-order valence-electron chi connectivity index (χ2n) is 5.99. The third kappa shape index (κ3) is 4.25. The Labute approximate surface area is 133 Å². The predicted octanol–water partition coefficient (Wildman–Crippen LogP) is 4.57. The fourth-order valence-electron chi connectivity index (χ4n) is 1.98. The van der Waals surface area contributed by atoms with E-state index in [1.165, 1.54) is 42.7 Å². The summed E-state index contributed by atoms with van der Waals surface area (Å²) in [6.07, 6.45) is 1.62. The predicted molar refractivity (Wildman–Crippen MR) is 83.5 cm³/mol. The molecule has 1 aromatic heterocycles. The number of hydrogen-bond acceptors (Lipinski definition) is 3. The highest BCUT2D eigenvalue weighted by Gasteiger charge is 2.36. The van der Waals surface area contributed by atoms with E-state index in [1.54, 1.807) is 26.8 Å². The van der Waals surface area contributed by atoms with E-state index in [2.05, 4.69) is 10.3 Å². The zero-order valence-electron chi connectivity index (χ0n) is 13.1. The van der Waals surface area contributed by atoms with Crippen molar-refractivity contribution in [2.24, 2.45) is 0 Å². The molecule has 2 aromatic rings. The largest absolute Gasteiger partial charge is 0.444 e. The maximum absolute atomic E-state index is 14.7. The van der Waals surface area contributed by atoms with Crippen LogP contribution in [0.5, 0.6) is 0 Å². The van der Waals surface area contributed by atoms with Gasteiger partial charge in [0.2, 0.25) is 0 Å². The average molecular weight is 320 g/mol. The minimum absolute atomic E-state index is 0.0874. The second kappa shape index (κ2) is 6.32. The topological polar surface area (TPSA) is 51.2 Å². The first-order valence-electron chi connectivity index (χ1n) is 7.08. The lowest BCUT2D eigenvalue weighted by Gasteiger charge is -2.22. The van der Waals surface area contributed by atoms with Crippen molar-refractivity contribution in [3.05, 3.63) is 59.9 Å². The van der Waals surface area contributed by atoms with Crippen molar-refractivity contribution in [3.63, 3.8) is 0 Å². The van der Waals surface area contributed by atoms with Crippen LogP contribution in [0.2, 0.25) is 0 Å². The Balaban J connectivity index is 2.33. The number of benzene rings is 1. The van der Waals surface area contributed by atoms with Crippen LogP contribution in [0.1, 0.15) is 31.9 Å². The summed E-state index contributed by atoms with van der Waals surface area (Å²) in [7, 11) is 0.